The molecule has 7 heteroatoms. The number of hydrogen-bond acceptors (Lipinski definition) is 6. The maximum Gasteiger partial charge on any atom is 0.360 e. The fraction of sp³-hybridized carbons (Fsp3) is 0.348. The van der Waals surface area contributed by atoms with Crippen molar-refractivity contribution in [2.24, 2.45) is 5.92 Å². The molecule has 1 aliphatic rings. The molecule has 0 unspecified atom stereocenters. The molecule has 0 spiro atoms. The van der Waals surface area contributed by atoms with Gasteiger partial charge in [0.05, 0.1) is 23.3 Å². The van der Waals surface area contributed by atoms with E-state index in [-0.39, 0.29) is 17.4 Å². The van der Waals surface area contributed by atoms with Crippen LogP contribution in [0.25, 0.3) is 11.0 Å². The van der Waals surface area contributed by atoms with Gasteiger partial charge in [-0.25, -0.2) is 19.2 Å². The van der Waals surface area contributed by atoms with E-state index in [9.17, 15) is 9.18 Å². The third-order valence-electron chi connectivity index (χ3n) is 5.07. The van der Waals surface area contributed by atoms with Gasteiger partial charge >= 0.3 is 5.97 Å². The molecular weight excluding hydrogens is 383 g/mol. The van der Waals surface area contributed by atoms with Crippen molar-refractivity contribution in [1.29, 1.82) is 0 Å². The Morgan fingerprint density at radius 2 is 1.57 bits per heavy atom. The van der Waals surface area contributed by atoms with Crippen LogP contribution in [0.1, 0.15) is 24.3 Å². The average molecular weight is 408 g/mol. The van der Waals surface area contributed by atoms with E-state index >= 15 is 0 Å². The largest absolute Gasteiger partial charge is 0.461 e. The van der Waals surface area contributed by atoms with Crippen LogP contribution >= 0.6 is 0 Å². The lowest BCUT2D eigenvalue weighted by Gasteiger charge is -2.37. The number of nitrogens with zero attached hydrogens (tertiary/aromatic N) is 4. The first kappa shape index (κ1) is 20.1. The number of aromatic nitrogens is 2. The predicted molar refractivity (Wildman–Crippen MR) is 115 cm³/mol. The summed E-state index contributed by atoms with van der Waals surface area (Å²) in [5, 5.41) is 0. The number of piperazine rings is 1. The number of carbonyl (C=O) groups excluding carboxylic acids is 1. The van der Waals surface area contributed by atoms with Crippen LogP contribution in [-0.4, -0.2) is 48.7 Å². The van der Waals surface area contributed by atoms with E-state index in [1.54, 1.807) is 12.1 Å². The zero-order valence-corrected chi connectivity index (χ0v) is 17.2. The second kappa shape index (κ2) is 8.65. The maximum atomic E-state index is 14.1. The molecule has 0 saturated carbocycles. The van der Waals surface area contributed by atoms with Crippen molar-refractivity contribution in [1.82, 2.24) is 9.97 Å². The first-order chi connectivity index (χ1) is 14.5. The Morgan fingerprint density at radius 1 is 0.967 bits per heavy atom. The van der Waals surface area contributed by atoms with E-state index in [1.807, 2.05) is 54.0 Å². The fourth-order valence-electron chi connectivity index (χ4n) is 3.53. The summed E-state index contributed by atoms with van der Waals surface area (Å²) in [5.74, 6) is 0.0636. The molecule has 1 fully saturated rings. The fourth-order valence-corrected chi connectivity index (χ4v) is 3.53. The maximum absolute atomic E-state index is 14.1. The summed E-state index contributed by atoms with van der Waals surface area (Å²) in [6, 6.07) is 14.3. The highest BCUT2D eigenvalue weighted by atomic mass is 19.1. The molecule has 6 nitrogen and oxygen atoms in total. The average Bonchev–Trinajstić information content (AvgIpc) is 2.77. The number of esters is 1. The summed E-state index contributed by atoms with van der Waals surface area (Å²) in [5.41, 5.74) is 2.21. The van der Waals surface area contributed by atoms with Crippen molar-refractivity contribution in [3.05, 3.63) is 60.0 Å². The number of para-hydroxylation sites is 3. The van der Waals surface area contributed by atoms with Gasteiger partial charge < -0.3 is 14.5 Å². The summed E-state index contributed by atoms with van der Waals surface area (Å²) in [7, 11) is 0. The Bertz CT molecular complexity index is 1050. The van der Waals surface area contributed by atoms with Crippen LogP contribution in [0.3, 0.4) is 0 Å². The number of rotatable bonds is 5. The lowest BCUT2D eigenvalue weighted by Crippen LogP contribution is -2.47. The molecule has 0 amide bonds. The Hall–Kier alpha value is -3.22. The minimum absolute atomic E-state index is 0.227. The highest BCUT2D eigenvalue weighted by molar-refractivity contribution is 5.95. The Morgan fingerprint density at radius 3 is 2.23 bits per heavy atom. The monoisotopic (exact) mass is 408 g/mol. The second-order valence-electron chi connectivity index (χ2n) is 7.80. The molecule has 0 aliphatic carbocycles. The number of fused-ring (bicyclic) bond motifs is 1. The molecule has 156 valence electrons. The van der Waals surface area contributed by atoms with E-state index in [0.717, 1.165) is 5.52 Å². The van der Waals surface area contributed by atoms with Crippen molar-refractivity contribution in [3.8, 4) is 0 Å². The molecule has 1 saturated heterocycles. The van der Waals surface area contributed by atoms with Gasteiger partial charge in [-0.3, -0.25) is 0 Å². The molecule has 2 aromatic carbocycles. The highest BCUT2D eigenvalue weighted by Crippen LogP contribution is 2.25. The summed E-state index contributed by atoms with van der Waals surface area (Å²) in [6.07, 6.45) is 0. The second-order valence-corrected chi connectivity index (χ2v) is 7.80. The zero-order chi connectivity index (χ0) is 21.1. The molecule has 0 N–H and O–H groups in total. The lowest BCUT2D eigenvalue weighted by atomic mass is 10.2. The molecule has 1 aromatic heterocycles. The number of anilines is 2. The standard InChI is InChI=1S/C23H25FN4O2/c1-16(2)15-30-23(29)21-22(26-19-9-5-4-8-18(19)25-21)28-13-11-27(12-14-28)20-10-6-3-7-17(20)24/h3-10,16H,11-15H2,1-2H3. The van der Waals surface area contributed by atoms with Gasteiger partial charge in [0.15, 0.2) is 11.5 Å². The van der Waals surface area contributed by atoms with Crippen molar-refractivity contribution >= 4 is 28.5 Å². The third kappa shape index (κ3) is 4.20. The van der Waals surface area contributed by atoms with Gasteiger partial charge in [0.1, 0.15) is 5.82 Å². The third-order valence-corrected chi connectivity index (χ3v) is 5.07. The van der Waals surface area contributed by atoms with Gasteiger partial charge in [-0.05, 0) is 30.2 Å². The highest BCUT2D eigenvalue weighted by Gasteiger charge is 2.26. The molecule has 0 atom stereocenters. The van der Waals surface area contributed by atoms with Gasteiger partial charge in [0.2, 0.25) is 0 Å². The summed E-state index contributed by atoms with van der Waals surface area (Å²) in [6.45, 7) is 6.75. The lowest BCUT2D eigenvalue weighted by molar-refractivity contribution is 0.0453. The van der Waals surface area contributed by atoms with Crippen molar-refractivity contribution in [2.75, 3.05) is 42.6 Å². The first-order valence-electron chi connectivity index (χ1n) is 10.2. The van der Waals surface area contributed by atoms with Crippen molar-refractivity contribution in [3.63, 3.8) is 0 Å². The van der Waals surface area contributed by atoms with Crippen LogP contribution in [0.2, 0.25) is 0 Å². The SMILES string of the molecule is CC(C)COC(=O)c1nc2ccccc2nc1N1CCN(c2ccccc2F)CC1. The first-order valence-corrected chi connectivity index (χ1v) is 10.2. The number of ether oxygens (including phenoxy) is 1. The smallest absolute Gasteiger partial charge is 0.360 e. The minimum atomic E-state index is -0.464. The molecule has 1 aliphatic heterocycles. The van der Waals surface area contributed by atoms with E-state index in [2.05, 4.69) is 4.98 Å². The summed E-state index contributed by atoms with van der Waals surface area (Å²) >= 11 is 0. The van der Waals surface area contributed by atoms with Crippen LogP contribution < -0.4 is 9.80 Å². The molecule has 0 bridgehead atoms. The van der Waals surface area contributed by atoms with Crippen LogP contribution in [0.15, 0.2) is 48.5 Å². The molecular formula is C23H25FN4O2. The van der Waals surface area contributed by atoms with Crippen LogP contribution in [0, 0.1) is 11.7 Å². The molecule has 30 heavy (non-hydrogen) atoms. The molecule has 3 aromatic rings. The van der Waals surface area contributed by atoms with Crippen LogP contribution in [0.5, 0.6) is 0 Å². The van der Waals surface area contributed by atoms with Crippen molar-refractivity contribution < 1.29 is 13.9 Å². The van der Waals surface area contributed by atoms with Gasteiger partial charge in [-0.2, -0.15) is 0 Å². The van der Waals surface area contributed by atoms with Crippen LogP contribution in [-0.2, 0) is 4.74 Å². The van der Waals surface area contributed by atoms with Gasteiger partial charge in [-0.15, -0.1) is 0 Å². The Kier molecular flexibility index (Phi) is 5.79. The predicted octanol–water partition coefficient (Wildman–Crippen LogP) is 3.91. The normalized spacial score (nSPS) is 14.4. The van der Waals surface area contributed by atoms with E-state index in [4.69, 9.17) is 9.72 Å². The Labute approximate surface area is 175 Å². The Balaban J connectivity index is 1.60. The van der Waals surface area contributed by atoms with E-state index < -0.39 is 5.97 Å². The number of benzene rings is 2. The quantitative estimate of drug-likeness (QED) is 0.597. The zero-order valence-electron chi connectivity index (χ0n) is 17.2. The van der Waals surface area contributed by atoms with Gasteiger partial charge in [-0.1, -0.05) is 38.1 Å². The molecule has 0 radical (unpaired) electrons. The van der Waals surface area contributed by atoms with E-state index in [0.29, 0.717) is 49.8 Å². The van der Waals surface area contributed by atoms with Crippen molar-refractivity contribution in [2.45, 2.75) is 13.8 Å². The number of hydrogen-bond donors (Lipinski definition) is 0. The summed E-state index contributed by atoms with van der Waals surface area (Å²) in [4.78, 5) is 26.1. The molecule has 2 heterocycles. The number of halogens is 1. The molecule has 4 rings (SSSR count). The topological polar surface area (TPSA) is 58.6 Å². The number of carbonyl (C=O) groups is 1. The van der Waals surface area contributed by atoms with Crippen LogP contribution in [0.4, 0.5) is 15.9 Å². The van der Waals surface area contributed by atoms with E-state index in [1.165, 1.54) is 6.07 Å². The minimum Gasteiger partial charge on any atom is -0.461 e. The summed E-state index contributed by atoms with van der Waals surface area (Å²) < 4.78 is 19.6. The van der Waals surface area contributed by atoms with Gasteiger partial charge in [0, 0.05) is 26.2 Å². The van der Waals surface area contributed by atoms with Gasteiger partial charge in [0.25, 0.3) is 0 Å².